The van der Waals surface area contributed by atoms with E-state index in [0.717, 1.165) is 19.1 Å². The molecule has 0 aliphatic rings. The number of halogens is 3. The number of carbonyl (C=O) groups excluding carboxylic acids is 1. The Morgan fingerprint density at radius 2 is 1.74 bits per heavy atom. The summed E-state index contributed by atoms with van der Waals surface area (Å²) < 4.78 is 64.1. The monoisotopic (exact) mass is 356 g/mol. The van der Waals surface area contributed by atoms with Crippen LogP contribution in [0.15, 0.2) is 30.3 Å². The van der Waals surface area contributed by atoms with Crippen LogP contribution in [0.2, 0.25) is 0 Å². The molecule has 0 aliphatic carbocycles. The molecule has 1 rings (SSSR count). The Morgan fingerprint density at radius 1 is 1.26 bits per heavy atom. The van der Waals surface area contributed by atoms with Crippen LogP contribution in [0.5, 0.6) is 0 Å². The number of para-hydroxylation sites is 1. The summed E-state index contributed by atoms with van der Waals surface area (Å²) in [5.74, 6) is -2.13. The van der Waals surface area contributed by atoms with Gasteiger partial charge in [0.2, 0.25) is 5.60 Å². The summed E-state index contributed by atoms with van der Waals surface area (Å²) in [6, 6.07) is 6.14. The molecule has 3 N–H and O–H groups in total. The highest BCUT2D eigenvalue weighted by Gasteiger charge is 2.59. The molecule has 1 aromatic carbocycles. The lowest BCUT2D eigenvalue weighted by Gasteiger charge is -2.31. The molecule has 23 heavy (non-hydrogen) atoms. The van der Waals surface area contributed by atoms with E-state index in [0.29, 0.717) is 0 Å². The van der Waals surface area contributed by atoms with Crippen LogP contribution in [0.3, 0.4) is 0 Å². The summed E-state index contributed by atoms with van der Waals surface area (Å²) in [6.45, 7) is 1.14. The quantitative estimate of drug-likeness (QED) is 0.667. The maximum atomic E-state index is 12.8. The second-order valence-electron chi connectivity index (χ2n) is 4.77. The molecule has 0 aromatic heterocycles. The SMILES string of the molecule is CC(O)NS(=O)(=O)N(C(=O)C(C)(O)C(F)(F)F)c1ccccc1. The number of aliphatic hydroxyl groups is 2. The van der Waals surface area contributed by atoms with Crippen molar-refractivity contribution in [2.45, 2.75) is 31.9 Å². The van der Waals surface area contributed by atoms with Crippen LogP contribution < -0.4 is 9.03 Å². The van der Waals surface area contributed by atoms with Gasteiger partial charge in [0.1, 0.15) is 6.23 Å². The van der Waals surface area contributed by atoms with E-state index in [1.54, 1.807) is 4.72 Å². The molecule has 1 aromatic rings. The average molecular weight is 356 g/mol. The first-order valence-corrected chi connectivity index (χ1v) is 7.64. The van der Waals surface area contributed by atoms with Crippen molar-refractivity contribution in [3.63, 3.8) is 0 Å². The molecular formula is C12H15F3N2O5S. The summed E-state index contributed by atoms with van der Waals surface area (Å²) >= 11 is 0. The first-order chi connectivity index (χ1) is 10.3. The van der Waals surface area contributed by atoms with Gasteiger partial charge in [-0.1, -0.05) is 18.2 Å². The summed E-state index contributed by atoms with van der Waals surface area (Å²) in [4.78, 5) is 12.1. The molecule has 130 valence electrons. The lowest BCUT2D eigenvalue weighted by molar-refractivity contribution is -0.243. The molecule has 7 nitrogen and oxygen atoms in total. The van der Waals surface area contributed by atoms with Gasteiger partial charge in [0.05, 0.1) is 5.69 Å². The highest BCUT2D eigenvalue weighted by atomic mass is 32.2. The highest BCUT2D eigenvalue weighted by Crippen LogP contribution is 2.33. The minimum absolute atomic E-state index is 0.142. The highest BCUT2D eigenvalue weighted by molar-refractivity contribution is 7.91. The van der Waals surface area contributed by atoms with Gasteiger partial charge in [-0.3, -0.25) is 4.79 Å². The Hall–Kier alpha value is -1.69. The Labute approximate surface area is 130 Å². The third-order valence-electron chi connectivity index (χ3n) is 2.70. The molecule has 1 amide bonds. The van der Waals surface area contributed by atoms with Crippen molar-refractivity contribution in [1.29, 1.82) is 0 Å². The fourth-order valence-electron chi connectivity index (χ4n) is 1.52. The predicted molar refractivity (Wildman–Crippen MR) is 74.3 cm³/mol. The van der Waals surface area contributed by atoms with Gasteiger partial charge in [0.25, 0.3) is 5.91 Å². The number of anilines is 1. The number of alkyl halides is 3. The number of hydrogen-bond donors (Lipinski definition) is 3. The van der Waals surface area contributed by atoms with E-state index in [-0.39, 0.29) is 11.2 Å². The molecule has 0 radical (unpaired) electrons. The molecule has 0 saturated carbocycles. The van der Waals surface area contributed by atoms with E-state index in [1.165, 1.54) is 18.2 Å². The zero-order valence-electron chi connectivity index (χ0n) is 12.1. The second kappa shape index (κ2) is 6.43. The standard InChI is InChI=1S/C12H15F3N2O5S/c1-8(18)16-23(21,22)17(9-6-4-3-5-7-9)10(19)11(2,20)12(13,14)15/h3-8,16,18,20H,1-2H3. The van der Waals surface area contributed by atoms with Gasteiger partial charge in [-0.15, -0.1) is 0 Å². The molecule has 0 fully saturated rings. The van der Waals surface area contributed by atoms with Gasteiger partial charge in [-0.2, -0.15) is 30.6 Å². The number of nitrogens with zero attached hydrogens (tertiary/aromatic N) is 1. The molecular weight excluding hydrogens is 341 g/mol. The fraction of sp³-hybridized carbons (Fsp3) is 0.417. The number of amides is 1. The maximum absolute atomic E-state index is 12.8. The number of benzene rings is 1. The van der Waals surface area contributed by atoms with Gasteiger partial charge < -0.3 is 10.2 Å². The van der Waals surface area contributed by atoms with Gasteiger partial charge in [-0.05, 0) is 26.0 Å². The number of carbonyl (C=O) groups is 1. The zero-order valence-corrected chi connectivity index (χ0v) is 12.9. The van der Waals surface area contributed by atoms with Crippen LogP contribution in [-0.4, -0.2) is 42.5 Å². The van der Waals surface area contributed by atoms with Crippen molar-refractivity contribution >= 4 is 21.8 Å². The van der Waals surface area contributed by atoms with E-state index in [4.69, 9.17) is 5.11 Å². The van der Waals surface area contributed by atoms with Crippen molar-refractivity contribution in [2.75, 3.05) is 4.31 Å². The van der Waals surface area contributed by atoms with E-state index < -0.39 is 39.8 Å². The molecule has 2 unspecified atom stereocenters. The lowest BCUT2D eigenvalue weighted by Crippen LogP contribution is -2.60. The van der Waals surface area contributed by atoms with E-state index >= 15 is 0 Å². The Kier molecular flexibility index (Phi) is 5.41. The minimum Gasteiger partial charge on any atom is -0.378 e. The Bertz CT molecular complexity index is 659. The summed E-state index contributed by atoms with van der Waals surface area (Å²) in [6.07, 6.45) is -7.08. The minimum atomic E-state index is -5.41. The first-order valence-electron chi connectivity index (χ1n) is 6.20. The van der Waals surface area contributed by atoms with Crippen LogP contribution in [0.4, 0.5) is 18.9 Å². The number of rotatable bonds is 5. The third kappa shape index (κ3) is 4.19. The van der Waals surface area contributed by atoms with Crippen molar-refractivity contribution in [3.05, 3.63) is 30.3 Å². The Balaban J connectivity index is 3.46. The van der Waals surface area contributed by atoms with Gasteiger partial charge in [-0.25, -0.2) is 0 Å². The van der Waals surface area contributed by atoms with E-state index in [1.807, 2.05) is 0 Å². The van der Waals surface area contributed by atoms with E-state index in [9.17, 15) is 31.5 Å². The summed E-state index contributed by atoms with van der Waals surface area (Å²) in [5, 5.41) is 18.6. The molecule has 0 saturated heterocycles. The van der Waals surface area contributed by atoms with Gasteiger partial charge >= 0.3 is 16.4 Å². The molecule has 11 heteroatoms. The van der Waals surface area contributed by atoms with Crippen LogP contribution in [0, 0.1) is 0 Å². The van der Waals surface area contributed by atoms with E-state index in [2.05, 4.69) is 0 Å². The molecule has 0 aliphatic heterocycles. The normalized spacial score (nSPS) is 16.5. The summed E-state index contributed by atoms with van der Waals surface area (Å²) in [5.41, 5.74) is -4.38. The smallest absolute Gasteiger partial charge is 0.378 e. The van der Waals surface area contributed by atoms with Crippen LogP contribution in [0.1, 0.15) is 13.8 Å². The molecule has 2 atom stereocenters. The Morgan fingerprint density at radius 3 is 2.13 bits per heavy atom. The second-order valence-corrected chi connectivity index (χ2v) is 6.32. The largest absolute Gasteiger partial charge is 0.426 e. The van der Waals surface area contributed by atoms with Crippen molar-refractivity contribution in [1.82, 2.24) is 4.72 Å². The van der Waals surface area contributed by atoms with Crippen molar-refractivity contribution < 1.29 is 36.6 Å². The van der Waals surface area contributed by atoms with Crippen LogP contribution in [-0.2, 0) is 15.0 Å². The van der Waals surface area contributed by atoms with Crippen molar-refractivity contribution in [2.24, 2.45) is 0 Å². The third-order valence-corrected chi connectivity index (χ3v) is 4.20. The maximum Gasteiger partial charge on any atom is 0.426 e. The van der Waals surface area contributed by atoms with Gasteiger partial charge in [0, 0.05) is 0 Å². The van der Waals surface area contributed by atoms with Crippen LogP contribution in [0.25, 0.3) is 0 Å². The fourth-order valence-corrected chi connectivity index (χ4v) is 2.85. The molecule has 0 spiro atoms. The lowest BCUT2D eigenvalue weighted by atomic mass is 10.1. The summed E-state index contributed by atoms with van der Waals surface area (Å²) in [7, 11) is -4.89. The average Bonchev–Trinajstić information content (AvgIpc) is 2.36. The molecule has 0 heterocycles. The number of nitrogens with one attached hydrogen (secondary N) is 1. The number of hydrogen-bond acceptors (Lipinski definition) is 5. The zero-order chi connectivity index (χ0) is 18.1. The van der Waals surface area contributed by atoms with Crippen molar-refractivity contribution in [3.8, 4) is 0 Å². The van der Waals surface area contributed by atoms with Gasteiger partial charge in [0.15, 0.2) is 0 Å². The predicted octanol–water partition coefficient (Wildman–Crippen LogP) is 0.506. The molecule has 0 bridgehead atoms. The topological polar surface area (TPSA) is 107 Å². The first kappa shape index (κ1) is 19.4. The van der Waals surface area contributed by atoms with Crippen LogP contribution >= 0.6 is 0 Å². The number of aliphatic hydroxyl groups excluding tert-OH is 1.